The van der Waals surface area contributed by atoms with Gasteiger partial charge in [-0.3, -0.25) is 9.59 Å². The van der Waals surface area contributed by atoms with Crippen molar-refractivity contribution in [2.75, 3.05) is 5.32 Å². The maximum Gasteiger partial charge on any atom is 0.251 e. The third kappa shape index (κ3) is 5.09. The van der Waals surface area contributed by atoms with Gasteiger partial charge in [0.05, 0.1) is 5.69 Å². The molecule has 6 heteroatoms. The van der Waals surface area contributed by atoms with E-state index in [4.69, 9.17) is 0 Å². The molecule has 0 aliphatic rings. The minimum Gasteiger partial charge on any atom is -0.340 e. The quantitative estimate of drug-likeness (QED) is 0.615. The molecule has 0 fully saturated rings. The first-order valence-corrected chi connectivity index (χ1v) is 10.4. The molecule has 1 unspecified atom stereocenters. The topological polar surface area (TPSA) is 71.1 Å². The van der Waals surface area contributed by atoms with Crippen LogP contribution in [0.5, 0.6) is 0 Å². The highest BCUT2D eigenvalue weighted by atomic mass is 32.1. The number of hydrogen-bond acceptors (Lipinski definition) is 4. The third-order valence-electron chi connectivity index (χ3n) is 4.62. The van der Waals surface area contributed by atoms with Gasteiger partial charge in [-0.2, -0.15) is 0 Å². The van der Waals surface area contributed by atoms with Crippen LogP contribution in [-0.2, 0) is 4.79 Å². The fourth-order valence-electron chi connectivity index (χ4n) is 2.96. The summed E-state index contributed by atoms with van der Waals surface area (Å²) in [7, 11) is 0. The molecule has 0 radical (unpaired) electrons. The van der Waals surface area contributed by atoms with Gasteiger partial charge in [-0.1, -0.05) is 61.9 Å². The summed E-state index contributed by atoms with van der Waals surface area (Å²) in [6.45, 7) is 7.75. The van der Waals surface area contributed by atoms with E-state index in [1.54, 1.807) is 12.1 Å². The van der Waals surface area contributed by atoms with Crippen molar-refractivity contribution in [2.45, 2.75) is 33.7 Å². The van der Waals surface area contributed by atoms with Crippen molar-refractivity contribution in [3.05, 3.63) is 70.6 Å². The molecule has 29 heavy (non-hydrogen) atoms. The van der Waals surface area contributed by atoms with Crippen molar-refractivity contribution in [1.82, 2.24) is 10.3 Å². The molecule has 0 aliphatic carbocycles. The first-order chi connectivity index (χ1) is 13.8. The Hall–Kier alpha value is -2.99. The predicted molar refractivity (Wildman–Crippen MR) is 118 cm³/mol. The number of aryl methyl sites for hydroxylation is 2. The van der Waals surface area contributed by atoms with Gasteiger partial charge < -0.3 is 10.6 Å². The van der Waals surface area contributed by atoms with Gasteiger partial charge in [0.15, 0.2) is 5.13 Å². The lowest BCUT2D eigenvalue weighted by Crippen LogP contribution is -2.47. The van der Waals surface area contributed by atoms with Crippen molar-refractivity contribution in [3.63, 3.8) is 0 Å². The molecule has 0 spiro atoms. The van der Waals surface area contributed by atoms with Gasteiger partial charge in [0.25, 0.3) is 5.91 Å². The molecule has 1 atom stereocenters. The smallest absolute Gasteiger partial charge is 0.251 e. The molecule has 3 rings (SSSR count). The Labute approximate surface area is 175 Å². The number of anilines is 1. The Balaban J connectivity index is 1.73. The van der Waals surface area contributed by atoms with E-state index in [-0.39, 0.29) is 17.7 Å². The molecule has 2 amide bonds. The first kappa shape index (κ1) is 20.7. The average Bonchev–Trinajstić information content (AvgIpc) is 3.06. The SMILES string of the molecule is Cc1ccc(C(=O)NC(C(=O)Nc2nc(-c3ccccc3)c(C)s2)C(C)C)cc1. The van der Waals surface area contributed by atoms with Gasteiger partial charge in [-0.25, -0.2) is 4.98 Å². The monoisotopic (exact) mass is 407 g/mol. The van der Waals surface area contributed by atoms with Crippen LogP contribution in [0.25, 0.3) is 11.3 Å². The molecule has 150 valence electrons. The van der Waals surface area contributed by atoms with Crippen LogP contribution in [-0.4, -0.2) is 22.8 Å². The maximum atomic E-state index is 12.9. The number of aromatic nitrogens is 1. The van der Waals surface area contributed by atoms with Crippen LogP contribution in [0.4, 0.5) is 5.13 Å². The minimum atomic E-state index is -0.659. The van der Waals surface area contributed by atoms with Crippen LogP contribution >= 0.6 is 11.3 Å². The van der Waals surface area contributed by atoms with Crippen LogP contribution < -0.4 is 10.6 Å². The Bertz CT molecular complexity index is 995. The van der Waals surface area contributed by atoms with E-state index >= 15 is 0 Å². The summed E-state index contributed by atoms with van der Waals surface area (Å²) in [5.74, 6) is -0.605. The van der Waals surface area contributed by atoms with Crippen LogP contribution in [0, 0.1) is 19.8 Å². The van der Waals surface area contributed by atoms with E-state index in [2.05, 4.69) is 15.6 Å². The normalized spacial score (nSPS) is 11.9. The standard InChI is InChI=1S/C23H25N3O2S/c1-14(2)19(24-21(27)18-12-10-15(3)11-13-18)22(28)26-23-25-20(16(4)29-23)17-8-6-5-7-9-17/h5-14,19H,1-4H3,(H,24,27)(H,25,26,28). The minimum absolute atomic E-state index is 0.0703. The number of carbonyl (C=O) groups excluding carboxylic acids is 2. The second-order valence-electron chi connectivity index (χ2n) is 7.34. The summed E-state index contributed by atoms with van der Waals surface area (Å²) in [6, 6.07) is 16.5. The van der Waals surface area contributed by atoms with Crippen molar-refractivity contribution in [1.29, 1.82) is 0 Å². The molecule has 0 saturated heterocycles. The van der Waals surface area contributed by atoms with E-state index in [1.807, 2.05) is 70.2 Å². The van der Waals surface area contributed by atoms with E-state index in [0.717, 1.165) is 21.7 Å². The number of hydrogen-bond donors (Lipinski definition) is 2. The summed E-state index contributed by atoms with van der Waals surface area (Å²) in [4.78, 5) is 31.0. The fourth-order valence-corrected chi connectivity index (χ4v) is 3.80. The molecule has 1 heterocycles. The van der Waals surface area contributed by atoms with E-state index in [1.165, 1.54) is 11.3 Å². The average molecular weight is 408 g/mol. The zero-order valence-corrected chi connectivity index (χ0v) is 17.8. The highest BCUT2D eigenvalue weighted by molar-refractivity contribution is 7.16. The molecule has 0 bridgehead atoms. The number of nitrogens with zero attached hydrogens (tertiary/aromatic N) is 1. The number of carbonyl (C=O) groups is 2. The highest BCUT2D eigenvalue weighted by Gasteiger charge is 2.26. The van der Waals surface area contributed by atoms with Gasteiger partial charge in [0.1, 0.15) is 6.04 Å². The zero-order valence-electron chi connectivity index (χ0n) is 17.0. The first-order valence-electron chi connectivity index (χ1n) is 9.56. The van der Waals surface area contributed by atoms with Crippen LogP contribution in [0.2, 0.25) is 0 Å². The number of nitrogens with one attached hydrogen (secondary N) is 2. The second-order valence-corrected chi connectivity index (χ2v) is 8.54. The number of rotatable bonds is 6. The number of benzene rings is 2. The van der Waals surface area contributed by atoms with Gasteiger partial charge in [0.2, 0.25) is 5.91 Å². The van der Waals surface area contributed by atoms with E-state index in [9.17, 15) is 9.59 Å². The van der Waals surface area contributed by atoms with Gasteiger partial charge in [-0.15, -0.1) is 11.3 Å². The Kier molecular flexibility index (Phi) is 6.44. The summed E-state index contributed by atoms with van der Waals surface area (Å²) in [6.07, 6.45) is 0. The lowest BCUT2D eigenvalue weighted by atomic mass is 10.0. The fraction of sp³-hybridized carbons (Fsp3) is 0.261. The molecular formula is C23H25N3O2S. The van der Waals surface area contributed by atoms with Crippen molar-refractivity contribution >= 4 is 28.3 Å². The predicted octanol–water partition coefficient (Wildman–Crippen LogP) is 4.82. The molecule has 2 aromatic carbocycles. The lowest BCUT2D eigenvalue weighted by molar-refractivity contribution is -0.118. The van der Waals surface area contributed by atoms with Crippen LogP contribution in [0.15, 0.2) is 54.6 Å². The van der Waals surface area contributed by atoms with Crippen molar-refractivity contribution < 1.29 is 9.59 Å². The second kappa shape index (κ2) is 9.01. The largest absolute Gasteiger partial charge is 0.340 e. The molecule has 5 nitrogen and oxygen atoms in total. The van der Waals surface area contributed by atoms with Gasteiger partial charge in [0, 0.05) is 16.0 Å². The zero-order chi connectivity index (χ0) is 21.0. The molecular weight excluding hydrogens is 382 g/mol. The summed E-state index contributed by atoms with van der Waals surface area (Å²) >= 11 is 1.43. The lowest BCUT2D eigenvalue weighted by Gasteiger charge is -2.21. The van der Waals surface area contributed by atoms with E-state index in [0.29, 0.717) is 10.7 Å². The summed E-state index contributed by atoms with van der Waals surface area (Å²) in [5, 5.41) is 6.25. The summed E-state index contributed by atoms with van der Waals surface area (Å²) in [5.41, 5.74) is 3.48. The maximum absolute atomic E-state index is 12.9. The third-order valence-corrected chi connectivity index (χ3v) is 5.51. The highest BCUT2D eigenvalue weighted by Crippen LogP contribution is 2.30. The molecule has 1 aromatic heterocycles. The van der Waals surface area contributed by atoms with Gasteiger partial charge in [-0.05, 0) is 31.9 Å². The summed E-state index contributed by atoms with van der Waals surface area (Å²) < 4.78 is 0. The molecule has 0 saturated carbocycles. The number of thiazole rings is 1. The Morgan fingerprint density at radius 1 is 0.966 bits per heavy atom. The molecule has 2 N–H and O–H groups in total. The van der Waals surface area contributed by atoms with Gasteiger partial charge >= 0.3 is 0 Å². The number of amides is 2. The van der Waals surface area contributed by atoms with Crippen molar-refractivity contribution in [2.24, 2.45) is 5.92 Å². The van der Waals surface area contributed by atoms with Crippen LogP contribution in [0.3, 0.4) is 0 Å². The van der Waals surface area contributed by atoms with Crippen LogP contribution in [0.1, 0.15) is 34.6 Å². The molecule has 0 aliphatic heterocycles. The van der Waals surface area contributed by atoms with Crippen molar-refractivity contribution in [3.8, 4) is 11.3 Å². The Morgan fingerprint density at radius 3 is 2.24 bits per heavy atom. The Morgan fingerprint density at radius 2 is 1.62 bits per heavy atom. The van der Waals surface area contributed by atoms with E-state index < -0.39 is 6.04 Å². The molecule has 3 aromatic rings.